The molecule has 0 fully saturated rings. The third-order valence-electron chi connectivity index (χ3n) is 3.34. The zero-order chi connectivity index (χ0) is 14.4. The van der Waals surface area contributed by atoms with Gasteiger partial charge in [0, 0.05) is 12.1 Å². The molecule has 2 atom stereocenters. The summed E-state index contributed by atoms with van der Waals surface area (Å²) in [5, 5.41) is 12.1. The van der Waals surface area contributed by atoms with Gasteiger partial charge >= 0.3 is 0 Å². The van der Waals surface area contributed by atoms with Crippen molar-refractivity contribution in [1.29, 1.82) is 0 Å². The van der Waals surface area contributed by atoms with Crippen LogP contribution < -0.4 is 11.1 Å². The Morgan fingerprint density at radius 3 is 2.32 bits per heavy atom. The van der Waals surface area contributed by atoms with Crippen LogP contribution in [0.5, 0.6) is 0 Å². The fraction of sp³-hybridized carbons (Fsp3) is 0.533. The molecule has 0 bridgehead atoms. The van der Waals surface area contributed by atoms with Crippen LogP contribution in [0, 0.1) is 5.92 Å². The Labute approximate surface area is 115 Å². The van der Waals surface area contributed by atoms with Crippen LogP contribution in [-0.2, 0) is 4.79 Å². The summed E-state index contributed by atoms with van der Waals surface area (Å²) in [7, 11) is 0. The monoisotopic (exact) mass is 264 g/mol. The molecule has 19 heavy (non-hydrogen) atoms. The maximum atomic E-state index is 11.9. The van der Waals surface area contributed by atoms with Gasteiger partial charge in [0.15, 0.2) is 0 Å². The molecule has 106 valence electrons. The number of carbonyl (C=O) groups excluding carboxylic acids is 1. The zero-order valence-electron chi connectivity index (χ0n) is 11.9. The zero-order valence-corrected chi connectivity index (χ0v) is 11.9. The normalized spacial score (nSPS) is 14.2. The second-order valence-corrected chi connectivity index (χ2v) is 5.37. The van der Waals surface area contributed by atoms with Crippen molar-refractivity contribution < 1.29 is 9.90 Å². The number of hydrogen-bond acceptors (Lipinski definition) is 3. The van der Waals surface area contributed by atoms with E-state index in [1.54, 1.807) is 0 Å². The number of nitrogens with one attached hydrogen (secondary N) is 1. The van der Waals surface area contributed by atoms with Crippen molar-refractivity contribution in [2.75, 3.05) is 12.3 Å². The van der Waals surface area contributed by atoms with Gasteiger partial charge in [0.05, 0.1) is 12.6 Å². The lowest BCUT2D eigenvalue weighted by molar-refractivity contribution is -0.122. The SMILES string of the molecule is CC(CC(=O)N[C@H](CO)C(C)C)c1ccc(N)cc1. The minimum absolute atomic E-state index is 0.0281. The first-order valence-corrected chi connectivity index (χ1v) is 6.69. The van der Waals surface area contributed by atoms with Crippen LogP contribution in [0.4, 0.5) is 5.69 Å². The molecule has 0 aliphatic rings. The molecule has 1 aromatic rings. The summed E-state index contributed by atoms with van der Waals surface area (Å²) in [6, 6.07) is 7.40. The highest BCUT2D eigenvalue weighted by molar-refractivity contribution is 5.77. The van der Waals surface area contributed by atoms with Crippen LogP contribution in [0.15, 0.2) is 24.3 Å². The first kappa shape index (κ1) is 15.5. The number of aliphatic hydroxyl groups is 1. The van der Waals surface area contributed by atoms with E-state index in [1.165, 1.54) is 0 Å². The molecule has 0 aliphatic carbocycles. The largest absolute Gasteiger partial charge is 0.399 e. The second-order valence-electron chi connectivity index (χ2n) is 5.37. The van der Waals surface area contributed by atoms with E-state index in [9.17, 15) is 9.90 Å². The number of aliphatic hydroxyl groups excluding tert-OH is 1. The molecule has 0 spiro atoms. The maximum absolute atomic E-state index is 11.9. The fourth-order valence-corrected chi connectivity index (χ4v) is 1.91. The highest BCUT2D eigenvalue weighted by Gasteiger charge is 2.17. The van der Waals surface area contributed by atoms with Gasteiger partial charge in [-0.15, -0.1) is 0 Å². The van der Waals surface area contributed by atoms with Crippen molar-refractivity contribution in [2.24, 2.45) is 5.92 Å². The predicted molar refractivity (Wildman–Crippen MR) is 77.7 cm³/mol. The summed E-state index contributed by atoms with van der Waals surface area (Å²) in [6.07, 6.45) is 0.410. The van der Waals surface area contributed by atoms with Crippen LogP contribution >= 0.6 is 0 Å². The Morgan fingerprint density at radius 1 is 1.26 bits per heavy atom. The number of benzene rings is 1. The molecule has 4 nitrogen and oxygen atoms in total. The lowest BCUT2D eigenvalue weighted by Gasteiger charge is -2.21. The topological polar surface area (TPSA) is 75.3 Å². The summed E-state index contributed by atoms with van der Waals surface area (Å²) in [5.41, 5.74) is 7.45. The Hall–Kier alpha value is -1.55. The van der Waals surface area contributed by atoms with Crippen molar-refractivity contribution in [2.45, 2.75) is 39.2 Å². The van der Waals surface area contributed by atoms with Gasteiger partial charge in [0.25, 0.3) is 0 Å². The smallest absolute Gasteiger partial charge is 0.220 e. The van der Waals surface area contributed by atoms with Crippen LogP contribution in [-0.4, -0.2) is 23.7 Å². The molecule has 0 aliphatic heterocycles. The van der Waals surface area contributed by atoms with E-state index in [2.05, 4.69) is 5.32 Å². The molecular formula is C15H24N2O2. The summed E-state index contributed by atoms with van der Waals surface area (Å²) in [6.45, 7) is 5.93. The number of rotatable bonds is 6. The number of carbonyl (C=O) groups is 1. The number of hydrogen-bond donors (Lipinski definition) is 3. The fourth-order valence-electron chi connectivity index (χ4n) is 1.91. The third-order valence-corrected chi connectivity index (χ3v) is 3.34. The molecule has 0 heterocycles. The Balaban J connectivity index is 2.54. The van der Waals surface area contributed by atoms with E-state index in [0.717, 1.165) is 11.3 Å². The summed E-state index contributed by atoms with van der Waals surface area (Å²) < 4.78 is 0. The van der Waals surface area contributed by atoms with Gasteiger partial charge in [-0.3, -0.25) is 4.79 Å². The molecule has 1 unspecified atom stereocenters. The molecule has 0 saturated carbocycles. The molecular weight excluding hydrogens is 240 g/mol. The molecule has 1 amide bonds. The number of amides is 1. The van der Waals surface area contributed by atoms with Crippen molar-refractivity contribution in [3.05, 3.63) is 29.8 Å². The van der Waals surface area contributed by atoms with E-state index < -0.39 is 0 Å². The predicted octanol–water partition coefficient (Wildman–Crippen LogP) is 1.90. The Kier molecular flexibility index (Phi) is 5.83. The van der Waals surface area contributed by atoms with Crippen LogP contribution in [0.25, 0.3) is 0 Å². The lowest BCUT2D eigenvalue weighted by Crippen LogP contribution is -2.41. The minimum Gasteiger partial charge on any atom is -0.399 e. The van der Waals surface area contributed by atoms with E-state index >= 15 is 0 Å². The van der Waals surface area contributed by atoms with Crippen LogP contribution in [0.2, 0.25) is 0 Å². The minimum atomic E-state index is -0.175. The maximum Gasteiger partial charge on any atom is 0.220 e. The molecule has 0 radical (unpaired) electrons. The summed E-state index contributed by atoms with van der Waals surface area (Å²) >= 11 is 0. The van der Waals surface area contributed by atoms with E-state index in [0.29, 0.717) is 6.42 Å². The summed E-state index contributed by atoms with van der Waals surface area (Å²) in [5.74, 6) is 0.324. The number of nitrogen functional groups attached to an aromatic ring is 1. The van der Waals surface area contributed by atoms with Gasteiger partial charge in [-0.25, -0.2) is 0 Å². The van der Waals surface area contributed by atoms with Crippen molar-refractivity contribution >= 4 is 11.6 Å². The van der Waals surface area contributed by atoms with Crippen LogP contribution in [0.1, 0.15) is 38.7 Å². The quantitative estimate of drug-likeness (QED) is 0.687. The van der Waals surface area contributed by atoms with Gasteiger partial charge in [0.2, 0.25) is 5.91 Å². The molecule has 0 aromatic heterocycles. The van der Waals surface area contributed by atoms with Gasteiger partial charge in [-0.2, -0.15) is 0 Å². The van der Waals surface area contributed by atoms with Gasteiger partial charge in [-0.05, 0) is 29.5 Å². The van der Waals surface area contributed by atoms with E-state index in [1.807, 2.05) is 45.0 Å². The Bertz CT molecular complexity index is 401. The highest BCUT2D eigenvalue weighted by atomic mass is 16.3. The summed E-state index contributed by atoms with van der Waals surface area (Å²) in [4.78, 5) is 11.9. The molecule has 4 heteroatoms. The van der Waals surface area contributed by atoms with Gasteiger partial charge in [0.1, 0.15) is 0 Å². The first-order valence-electron chi connectivity index (χ1n) is 6.69. The van der Waals surface area contributed by atoms with Gasteiger partial charge < -0.3 is 16.2 Å². The second kappa shape index (κ2) is 7.14. The number of anilines is 1. The van der Waals surface area contributed by atoms with Crippen molar-refractivity contribution in [3.8, 4) is 0 Å². The average molecular weight is 264 g/mol. The average Bonchev–Trinajstić information content (AvgIpc) is 2.36. The lowest BCUT2D eigenvalue weighted by atomic mass is 9.96. The van der Waals surface area contributed by atoms with Gasteiger partial charge in [-0.1, -0.05) is 32.9 Å². The third kappa shape index (κ3) is 4.91. The molecule has 1 aromatic carbocycles. The molecule has 4 N–H and O–H groups in total. The Morgan fingerprint density at radius 2 is 1.84 bits per heavy atom. The molecule has 1 rings (SSSR count). The first-order chi connectivity index (χ1) is 8.93. The van der Waals surface area contributed by atoms with Crippen molar-refractivity contribution in [3.63, 3.8) is 0 Å². The number of nitrogens with two attached hydrogens (primary N) is 1. The van der Waals surface area contributed by atoms with E-state index in [-0.39, 0.29) is 30.4 Å². The van der Waals surface area contributed by atoms with Crippen LogP contribution in [0.3, 0.4) is 0 Å². The van der Waals surface area contributed by atoms with E-state index in [4.69, 9.17) is 5.73 Å². The van der Waals surface area contributed by atoms with Crippen molar-refractivity contribution in [1.82, 2.24) is 5.32 Å². The molecule has 0 saturated heterocycles. The standard InChI is InChI=1S/C15H24N2O2/c1-10(2)14(9-18)17-15(19)8-11(3)12-4-6-13(16)7-5-12/h4-7,10-11,14,18H,8-9,16H2,1-3H3,(H,17,19)/t11?,14-/m1/s1. The highest BCUT2D eigenvalue weighted by Crippen LogP contribution is 2.20.